The molecule has 2 rings (SSSR count). The largest absolute Gasteiger partial charge is 0.241 e. The first kappa shape index (κ1) is 13.1. The van der Waals surface area contributed by atoms with E-state index in [0.717, 1.165) is 0 Å². The number of halogens is 1. The van der Waals surface area contributed by atoms with Gasteiger partial charge in [0.2, 0.25) is 10.0 Å². The molecule has 2 N–H and O–H groups in total. The van der Waals surface area contributed by atoms with Crippen molar-refractivity contribution in [1.29, 1.82) is 0 Å². The van der Waals surface area contributed by atoms with Crippen LogP contribution in [-0.4, -0.2) is 29.0 Å². The molecular weight excluding hydrogens is 322 g/mol. The maximum atomic E-state index is 12.1. The summed E-state index contributed by atoms with van der Waals surface area (Å²) >= 11 is 3.23. The Bertz CT molecular complexity index is 628. The smallest absolute Gasteiger partial charge is 0.207 e. The van der Waals surface area contributed by atoms with Crippen molar-refractivity contribution in [2.75, 3.05) is 0 Å². The first-order valence-electron chi connectivity index (χ1n) is 5.00. The molecular formula is C9H10BrN5O2S. The Balaban J connectivity index is 2.22. The summed E-state index contributed by atoms with van der Waals surface area (Å²) in [5, 5.41) is 13.1. The van der Waals surface area contributed by atoms with E-state index >= 15 is 0 Å². The van der Waals surface area contributed by atoms with Gasteiger partial charge in [-0.3, -0.25) is 0 Å². The molecule has 0 aliphatic rings. The Hall–Kier alpha value is -1.32. The van der Waals surface area contributed by atoms with Gasteiger partial charge < -0.3 is 0 Å². The van der Waals surface area contributed by atoms with Gasteiger partial charge in [0, 0.05) is 4.47 Å². The minimum Gasteiger partial charge on any atom is -0.207 e. The zero-order valence-electron chi connectivity index (χ0n) is 9.33. The van der Waals surface area contributed by atoms with Crippen LogP contribution in [-0.2, 0) is 10.0 Å². The first-order valence-corrected chi connectivity index (χ1v) is 7.28. The summed E-state index contributed by atoms with van der Waals surface area (Å²) in [7, 11) is -3.61. The number of aromatic nitrogens is 4. The average Bonchev–Trinajstić information content (AvgIpc) is 2.82. The molecule has 0 amide bonds. The van der Waals surface area contributed by atoms with Gasteiger partial charge in [-0.1, -0.05) is 27.2 Å². The molecule has 1 unspecified atom stereocenters. The van der Waals surface area contributed by atoms with Crippen LogP contribution < -0.4 is 4.72 Å². The van der Waals surface area contributed by atoms with E-state index in [2.05, 4.69) is 41.3 Å². The molecule has 0 saturated carbocycles. The number of rotatable bonds is 4. The van der Waals surface area contributed by atoms with E-state index < -0.39 is 16.1 Å². The molecule has 9 heteroatoms. The molecule has 1 atom stereocenters. The topological polar surface area (TPSA) is 101 Å². The molecule has 0 radical (unpaired) electrons. The van der Waals surface area contributed by atoms with Gasteiger partial charge in [0.05, 0.1) is 10.9 Å². The maximum Gasteiger partial charge on any atom is 0.241 e. The van der Waals surface area contributed by atoms with Crippen molar-refractivity contribution < 1.29 is 8.42 Å². The molecule has 0 saturated heterocycles. The Morgan fingerprint density at radius 2 is 2.22 bits per heavy atom. The van der Waals surface area contributed by atoms with Crippen molar-refractivity contribution in [2.45, 2.75) is 17.9 Å². The standard InChI is InChI=1S/C9H10BrN5O2S/c1-6(9-11-14-15-12-9)13-18(16,17)8-4-2-3-7(10)5-8/h2-6,13H,1H3,(H,11,12,14,15). The lowest BCUT2D eigenvalue weighted by molar-refractivity contribution is 0.560. The lowest BCUT2D eigenvalue weighted by atomic mass is 10.4. The minimum atomic E-state index is -3.61. The van der Waals surface area contributed by atoms with Crippen molar-refractivity contribution in [3.63, 3.8) is 0 Å². The Morgan fingerprint density at radius 1 is 1.44 bits per heavy atom. The summed E-state index contributed by atoms with van der Waals surface area (Å²) in [6, 6.07) is 5.87. The summed E-state index contributed by atoms with van der Waals surface area (Å²) in [6.45, 7) is 1.64. The molecule has 0 fully saturated rings. The summed E-state index contributed by atoms with van der Waals surface area (Å²) in [5.41, 5.74) is 0. The van der Waals surface area contributed by atoms with Crippen molar-refractivity contribution in [3.05, 3.63) is 34.6 Å². The molecule has 0 bridgehead atoms. The van der Waals surface area contributed by atoms with Gasteiger partial charge >= 0.3 is 0 Å². The Morgan fingerprint density at radius 3 is 2.83 bits per heavy atom. The molecule has 1 heterocycles. The van der Waals surface area contributed by atoms with Crippen LogP contribution in [0.2, 0.25) is 0 Å². The molecule has 7 nitrogen and oxygen atoms in total. The van der Waals surface area contributed by atoms with E-state index in [9.17, 15) is 8.42 Å². The summed E-state index contributed by atoms with van der Waals surface area (Å²) in [6.07, 6.45) is 0. The molecule has 1 aromatic carbocycles. The zero-order valence-corrected chi connectivity index (χ0v) is 11.7. The third-order valence-electron chi connectivity index (χ3n) is 2.19. The van der Waals surface area contributed by atoms with Gasteiger partial charge in [0.25, 0.3) is 0 Å². The minimum absolute atomic E-state index is 0.173. The fourth-order valence-corrected chi connectivity index (χ4v) is 3.14. The van der Waals surface area contributed by atoms with Crippen LogP contribution in [0.15, 0.2) is 33.6 Å². The molecule has 0 aliphatic heterocycles. The van der Waals surface area contributed by atoms with E-state index in [1.807, 2.05) is 0 Å². The van der Waals surface area contributed by atoms with Crippen LogP contribution in [0, 0.1) is 0 Å². The van der Waals surface area contributed by atoms with E-state index in [-0.39, 0.29) is 10.7 Å². The SMILES string of the molecule is CC(NS(=O)(=O)c1cccc(Br)c1)c1nn[nH]n1. The summed E-state index contributed by atoms with van der Waals surface area (Å²) in [5.74, 6) is 0.286. The van der Waals surface area contributed by atoms with E-state index in [1.165, 1.54) is 12.1 Å². The number of aromatic amines is 1. The lowest BCUT2D eigenvalue weighted by Crippen LogP contribution is -2.27. The van der Waals surface area contributed by atoms with Crippen molar-refractivity contribution in [3.8, 4) is 0 Å². The highest BCUT2D eigenvalue weighted by Gasteiger charge is 2.20. The highest BCUT2D eigenvalue weighted by Crippen LogP contribution is 2.17. The van der Waals surface area contributed by atoms with Crippen LogP contribution in [0.4, 0.5) is 0 Å². The summed E-state index contributed by atoms with van der Waals surface area (Å²) < 4.78 is 27.3. The fraction of sp³-hybridized carbons (Fsp3) is 0.222. The van der Waals surface area contributed by atoms with E-state index in [0.29, 0.717) is 4.47 Å². The second-order valence-electron chi connectivity index (χ2n) is 3.57. The number of nitrogens with zero attached hydrogens (tertiary/aromatic N) is 3. The average molecular weight is 332 g/mol. The number of hydrogen-bond donors (Lipinski definition) is 2. The monoisotopic (exact) mass is 331 g/mol. The third-order valence-corrected chi connectivity index (χ3v) is 4.22. The maximum absolute atomic E-state index is 12.1. The molecule has 18 heavy (non-hydrogen) atoms. The van der Waals surface area contributed by atoms with Gasteiger partial charge in [-0.2, -0.15) is 5.21 Å². The van der Waals surface area contributed by atoms with E-state index in [4.69, 9.17) is 0 Å². The Labute approximate surface area is 112 Å². The van der Waals surface area contributed by atoms with E-state index in [1.54, 1.807) is 19.1 Å². The second-order valence-corrected chi connectivity index (χ2v) is 6.20. The number of hydrogen-bond acceptors (Lipinski definition) is 5. The number of tetrazole rings is 1. The van der Waals surface area contributed by atoms with Crippen LogP contribution >= 0.6 is 15.9 Å². The molecule has 0 spiro atoms. The fourth-order valence-electron chi connectivity index (χ4n) is 1.34. The summed E-state index contributed by atoms with van der Waals surface area (Å²) in [4.78, 5) is 0.173. The van der Waals surface area contributed by atoms with Gasteiger partial charge in [-0.05, 0) is 25.1 Å². The Kier molecular flexibility index (Phi) is 3.73. The van der Waals surface area contributed by atoms with Crippen molar-refractivity contribution in [2.24, 2.45) is 0 Å². The van der Waals surface area contributed by atoms with Crippen LogP contribution in [0.25, 0.3) is 0 Å². The number of benzene rings is 1. The van der Waals surface area contributed by atoms with Gasteiger partial charge in [-0.15, -0.1) is 10.2 Å². The molecule has 1 aromatic heterocycles. The predicted octanol–water partition coefficient (Wildman–Crippen LogP) is 1.00. The highest BCUT2D eigenvalue weighted by atomic mass is 79.9. The van der Waals surface area contributed by atoms with Gasteiger partial charge in [0.15, 0.2) is 5.82 Å². The van der Waals surface area contributed by atoms with Crippen molar-refractivity contribution in [1.82, 2.24) is 25.3 Å². The van der Waals surface area contributed by atoms with Gasteiger partial charge in [-0.25, -0.2) is 13.1 Å². The molecule has 2 aromatic rings. The number of nitrogens with one attached hydrogen (secondary N) is 2. The molecule has 96 valence electrons. The predicted molar refractivity (Wildman–Crippen MR) is 67.1 cm³/mol. The number of H-pyrrole nitrogens is 1. The van der Waals surface area contributed by atoms with Crippen LogP contribution in [0.3, 0.4) is 0 Å². The quantitative estimate of drug-likeness (QED) is 0.870. The molecule has 0 aliphatic carbocycles. The third kappa shape index (κ3) is 2.92. The first-order chi connectivity index (χ1) is 8.49. The van der Waals surface area contributed by atoms with Crippen LogP contribution in [0.5, 0.6) is 0 Å². The van der Waals surface area contributed by atoms with Crippen LogP contribution in [0.1, 0.15) is 18.8 Å². The zero-order chi connectivity index (χ0) is 13.2. The van der Waals surface area contributed by atoms with Crippen molar-refractivity contribution >= 4 is 26.0 Å². The normalized spacial score (nSPS) is 13.4. The lowest BCUT2D eigenvalue weighted by Gasteiger charge is -2.10. The second kappa shape index (κ2) is 5.12. The number of sulfonamides is 1. The highest BCUT2D eigenvalue weighted by molar-refractivity contribution is 9.10. The van der Waals surface area contributed by atoms with Gasteiger partial charge in [0.1, 0.15) is 0 Å².